The lowest BCUT2D eigenvalue weighted by Gasteiger charge is -2.11. The maximum Gasteiger partial charge on any atom is 0.305 e. The molecule has 0 aromatic heterocycles. The highest BCUT2D eigenvalue weighted by molar-refractivity contribution is 7.87. The molecule has 1 rings (SSSR count). The fourth-order valence-corrected chi connectivity index (χ4v) is 2.46. The molecule has 1 fully saturated rings. The summed E-state index contributed by atoms with van der Waals surface area (Å²) in [5, 5.41) is 0. The quantitative estimate of drug-likeness (QED) is 0.474. The molecule has 1 heterocycles. The molecule has 1 saturated heterocycles. The van der Waals surface area contributed by atoms with E-state index < -0.39 is 28.3 Å². The van der Waals surface area contributed by atoms with Crippen molar-refractivity contribution in [3.63, 3.8) is 0 Å². The molecule has 0 amide bonds. The number of rotatable bonds is 2. The van der Waals surface area contributed by atoms with Crippen LogP contribution in [0.3, 0.4) is 0 Å². The lowest BCUT2D eigenvalue weighted by Crippen LogP contribution is -2.26. The van der Waals surface area contributed by atoms with E-state index in [-0.39, 0.29) is 12.2 Å². The van der Waals surface area contributed by atoms with Crippen molar-refractivity contribution in [3.05, 3.63) is 0 Å². The first-order valence-corrected chi connectivity index (χ1v) is 5.63. The number of hydrogen-bond donors (Lipinski definition) is 0. The molecule has 0 bridgehead atoms. The Kier molecular flexibility index (Phi) is 2.92. The van der Waals surface area contributed by atoms with Gasteiger partial charge in [-0.3, -0.25) is 8.98 Å². The van der Waals surface area contributed by atoms with Crippen molar-refractivity contribution in [3.8, 4) is 0 Å². The number of carbonyl (C=O) groups excluding carboxylic acids is 1. The van der Waals surface area contributed by atoms with Crippen molar-refractivity contribution in [2.75, 3.05) is 5.75 Å². The highest BCUT2D eigenvalue weighted by Crippen LogP contribution is 2.19. The van der Waals surface area contributed by atoms with E-state index in [2.05, 4.69) is 4.18 Å². The van der Waals surface area contributed by atoms with E-state index in [1.165, 1.54) is 0 Å². The van der Waals surface area contributed by atoms with Gasteiger partial charge in [0.25, 0.3) is 10.1 Å². The highest BCUT2D eigenvalue weighted by atomic mass is 32.2. The fraction of sp³-hybridized carbons (Fsp3) is 0.857. The van der Waals surface area contributed by atoms with Crippen LogP contribution in [0.1, 0.15) is 20.3 Å². The van der Waals surface area contributed by atoms with Crippen LogP contribution in [0, 0.1) is 0 Å². The average Bonchev–Trinajstić information content (AvgIpc) is 2.24. The number of carbonyl (C=O) groups is 1. The molecular weight excluding hydrogens is 196 g/mol. The molecule has 1 aliphatic heterocycles. The van der Waals surface area contributed by atoms with Crippen molar-refractivity contribution >= 4 is 16.1 Å². The second kappa shape index (κ2) is 3.63. The van der Waals surface area contributed by atoms with Crippen molar-refractivity contribution in [1.82, 2.24) is 0 Å². The average molecular weight is 208 g/mol. The Balaban J connectivity index is 2.59. The maximum absolute atomic E-state index is 10.9. The zero-order valence-electron chi connectivity index (χ0n) is 7.52. The Morgan fingerprint density at radius 3 is 2.62 bits per heavy atom. The second-order valence-electron chi connectivity index (χ2n) is 2.91. The number of hydrogen-bond acceptors (Lipinski definition) is 5. The van der Waals surface area contributed by atoms with Gasteiger partial charge in [-0.05, 0) is 6.92 Å². The Labute approximate surface area is 77.1 Å². The van der Waals surface area contributed by atoms with Gasteiger partial charge in [-0.25, -0.2) is 0 Å². The number of ether oxygens (including phenoxy) is 1. The van der Waals surface area contributed by atoms with E-state index in [9.17, 15) is 13.2 Å². The van der Waals surface area contributed by atoms with Crippen molar-refractivity contribution in [1.29, 1.82) is 0 Å². The molecule has 0 N–H and O–H groups in total. The summed E-state index contributed by atoms with van der Waals surface area (Å²) in [5.41, 5.74) is 0. The SMILES string of the molecule is CCC(=O)OC1CS(=O)(=O)OC1C. The molecule has 2 atom stereocenters. The van der Waals surface area contributed by atoms with E-state index in [1.54, 1.807) is 13.8 Å². The van der Waals surface area contributed by atoms with Crippen LogP contribution in [0.4, 0.5) is 0 Å². The lowest BCUT2D eigenvalue weighted by molar-refractivity contribution is -0.150. The van der Waals surface area contributed by atoms with E-state index in [0.717, 1.165) is 0 Å². The largest absolute Gasteiger partial charge is 0.458 e. The third kappa shape index (κ3) is 2.67. The van der Waals surface area contributed by atoms with E-state index in [4.69, 9.17) is 4.74 Å². The predicted octanol–water partition coefficient (Wildman–Crippen LogP) is 0.0567. The van der Waals surface area contributed by atoms with Gasteiger partial charge >= 0.3 is 5.97 Å². The molecule has 1 aliphatic rings. The molecule has 0 saturated carbocycles. The third-order valence-corrected chi connectivity index (χ3v) is 3.10. The Morgan fingerprint density at radius 1 is 1.62 bits per heavy atom. The van der Waals surface area contributed by atoms with Gasteiger partial charge in [0.05, 0.1) is 0 Å². The first-order chi connectivity index (χ1) is 5.94. The summed E-state index contributed by atoms with van der Waals surface area (Å²) in [6.45, 7) is 3.22. The van der Waals surface area contributed by atoms with Crippen molar-refractivity contribution in [2.24, 2.45) is 0 Å². The molecule has 0 aromatic carbocycles. The maximum atomic E-state index is 10.9. The molecule has 76 valence electrons. The van der Waals surface area contributed by atoms with Crippen LogP contribution < -0.4 is 0 Å². The van der Waals surface area contributed by atoms with Gasteiger partial charge in [0.1, 0.15) is 18.0 Å². The second-order valence-corrected chi connectivity index (χ2v) is 4.55. The molecule has 13 heavy (non-hydrogen) atoms. The Hall–Kier alpha value is -0.620. The summed E-state index contributed by atoms with van der Waals surface area (Å²) in [5.74, 6) is -0.641. The van der Waals surface area contributed by atoms with Gasteiger partial charge < -0.3 is 4.74 Å². The zero-order valence-corrected chi connectivity index (χ0v) is 8.33. The summed E-state index contributed by atoms with van der Waals surface area (Å²) in [6.07, 6.45) is -0.985. The lowest BCUT2D eigenvalue weighted by atomic mass is 10.2. The predicted molar refractivity (Wildman–Crippen MR) is 44.5 cm³/mol. The minimum absolute atomic E-state index is 0.236. The summed E-state index contributed by atoms with van der Waals surface area (Å²) in [6, 6.07) is 0. The summed E-state index contributed by atoms with van der Waals surface area (Å²) in [4.78, 5) is 10.9. The monoisotopic (exact) mass is 208 g/mol. The molecule has 2 unspecified atom stereocenters. The Bertz CT molecular complexity index is 294. The molecule has 0 radical (unpaired) electrons. The van der Waals surface area contributed by atoms with Gasteiger partial charge in [-0.2, -0.15) is 8.42 Å². The van der Waals surface area contributed by atoms with Crippen molar-refractivity contribution < 1.29 is 22.1 Å². The minimum atomic E-state index is -3.48. The molecule has 0 aromatic rings. The van der Waals surface area contributed by atoms with E-state index in [1.807, 2.05) is 0 Å². The summed E-state index contributed by atoms with van der Waals surface area (Å²) >= 11 is 0. The molecule has 0 spiro atoms. The topological polar surface area (TPSA) is 69.7 Å². The van der Waals surface area contributed by atoms with Crippen LogP contribution in [0.15, 0.2) is 0 Å². The molecule has 6 heteroatoms. The van der Waals surface area contributed by atoms with Gasteiger partial charge in [-0.1, -0.05) is 6.92 Å². The van der Waals surface area contributed by atoms with Crippen LogP contribution in [0.2, 0.25) is 0 Å². The third-order valence-electron chi connectivity index (χ3n) is 1.76. The molecular formula is C7H12O5S. The molecule has 0 aliphatic carbocycles. The number of esters is 1. The zero-order chi connectivity index (χ0) is 10.1. The van der Waals surface area contributed by atoms with Crippen LogP contribution in [0.25, 0.3) is 0 Å². The van der Waals surface area contributed by atoms with Gasteiger partial charge in [0, 0.05) is 6.42 Å². The Morgan fingerprint density at radius 2 is 2.23 bits per heavy atom. The van der Waals surface area contributed by atoms with Gasteiger partial charge in [0.15, 0.2) is 0 Å². The summed E-state index contributed by atoms with van der Waals surface area (Å²) in [7, 11) is -3.48. The minimum Gasteiger partial charge on any atom is -0.458 e. The summed E-state index contributed by atoms with van der Waals surface area (Å²) < 4.78 is 31.3. The van der Waals surface area contributed by atoms with Gasteiger partial charge in [-0.15, -0.1) is 0 Å². The van der Waals surface area contributed by atoms with Crippen LogP contribution in [-0.2, 0) is 23.8 Å². The fourth-order valence-electron chi connectivity index (χ4n) is 1.05. The van der Waals surface area contributed by atoms with E-state index in [0.29, 0.717) is 0 Å². The van der Waals surface area contributed by atoms with Crippen molar-refractivity contribution in [2.45, 2.75) is 32.5 Å². The smallest absolute Gasteiger partial charge is 0.305 e. The normalized spacial score (nSPS) is 31.5. The van der Waals surface area contributed by atoms with Crippen LogP contribution >= 0.6 is 0 Å². The standard InChI is InChI=1S/C7H12O5S/c1-3-7(8)11-6-4-13(9,10)12-5(6)2/h5-6H,3-4H2,1-2H3. The van der Waals surface area contributed by atoms with Crippen LogP contribution in [-0.4, -0.2) is 32.3 Å². The van der Waals surface area contributed by atoms with Gasteiger partial charge in [0.2, 0.25) is 0 Å². The highest BCUT2D eigenvalue weighted by Gasteiger charge is 2.38. The first-order valence-electron chi connectivity index (χ1n) is 4.05. The van der Waals surface area contributed by atoms with Crippen LogP contribution in [0.5, 0.6) is 0 Å². The first kappa shape index (κ1) is 10.5. The molecule has 5 nitrogen and oxygen atoms in total. The van der Waals surface area contributed by atoms with E-state index >= 15 is 0 Å².